The number of rotatable bonds is 2. The van der Waals surface area contributed by atoms with Crippen molar-refractivity contribution < 1.29 is 9.18 Å². The maximum absolute atomic E-state index is 13.1. The zero-order valence-corrected chi connectivity index (χ0v) is 7.67. The van der Waals surface area contributed by atoms with E-state index in [4.69, 9.17) is 5.73 Å². The monoisotopic (exact) mass is 181 g/mol. The molecule has 0 aliphatic heterocycles. The van der Waals surface area contributed by atoms with E-state index >= 15 is 0 Å². The lowest BCUT2D eigenvalue weighted by Gasteiger charge is -2.07. The van der Waals surface area contributed by atoms with Gasteiger partial charge in [0.2, 0.25) is 5.91 Å². The van der Waals surface area contributed by atoms with E-state index in [2.05, 4.69) is 0 Å². The van der Waals surface area contributed by atoms with Crippen LogP contribution < -0.4 is 5.73 Å². The molecule has 1 rings (SSSR count). The summed E-state index contributed by atoms with van der Waals surface area (Å²) in [6, 6.07) is 4.17. The van der Waals surface area contributed by atoms with Gasteiger partial charge in [-0.1, -0.05) is 13.8 Å². The lowest BCUT2D eigenvalue weighted by molar-refractivity contribution is 0.1000. The van der Waals surface area contributed by atoms with Crippen LogP contribution in [-0.2, 0) is 0 Å². The number of benzene rings is 1. The smallest absolute Gasteiger partial charge is 0.248 e. The molecule has 2 N–H and O–H groups in total. The van der Waals surface area contributed by atoms with Crippen molar-refractivity contribution >= 4 is 5.91 Å². The van der Waals surface area contributed by atoms with Crippen LogP contribution in [0.1, 0.15) is 35.7 Å². The number of carbonyl (C=O) groups excluding carboxylic acids is 1. The summed E-state index contributed by atoms with van der Waals surface area (Å²) in [7, 11) is 0. The third-order valence-electron chi connectivity index (χ3n) is 1.90. The van der Waals surface area contributed by atoms with Gasteiger partial charge in [-0.25, -0.2) is 4.39 Å². The highest BCUT2D eigenvalue weighted by Gasteiger charge is 2.09. The minimum Gasteiger partial charge on any atom is -0.366 e. The summed E-state index contributed by atoms with van der Waals surface area (Å²) in [6.45, 7) is 3.73. The molecule has 2 nitrogen and oxygen atoms in total. The Balaban J connectivity index is 3.19. The van der Waals surface area contributed by atoms with Crippen molar-refractivity contribution in [1.29, 1.82) is 0 Å². The predicted octanol–water partition coefficient (Wildman–Crippen LogP) is 2.05. The summed E-state index contributed by atoms with van der Waals surface area (Å²) in [4.78, 5) is 10.8. The number of carbonyl (C=O) groups is 1. The third-order valence-corrected chi connectivity index (χ3v) is 1.90. The normalized spacial score (nSPS) is 10.5. The Morgan fingerprint density at radius 3 is 2.54 bits per heavy atom. The Morgan fingerprint density at radius 2 is 2.08 bits per heavy atom. The van der Waals surface area contributed by atoms with Gasteiger partial charge >= 0.3 is 0 Å². The molecular formula is C10H12FNO. The van der Waals surface area contributed by atoms with Crippen LogP contribution in [0.25, 0.3) is 0 Å². The molecule has 13 heavy (non-hydrogen) atoms. The van der Waals surface area contributed by atoms with E-state index < -0.39 is 5.91 Å². The summed E-state index contributed by atoms with van der Waals surface area (Å²) in [6.07, 6.45) is 0. The Kier molecular flexibility index (Phi) is 2.66. The first-order valence-electron chi connectivity index (χ1n) is 4.11. The van der Waals surface area contributed by atoms with E-state index in [1.165, 1.54) is 18.2 Å². The van der Waals surface area contributed by atoms with Gasteiger partial charge in [-0.3, -0.25) is 4.79 Å². The lowest BCUT2D eigenvalue weighted by Crippen LogP contribution is -2.11. The van der Waals surface area contributed by atoms with Gasteiger partial charge in [0.1, 0.15) is 5.82 Å². The number of halogens is 1. The van der Waals surface area contributed by atoms with E-state index in [1.807, 2.05) is 13.8 Å². The Hall–Kier alpha value is -1.38. The maximum atomic E-state index is 13.1. The molecule has 0 heterocycles. The number of nitrogens with two attached hydrogens (primary N) is 1. The van der Waals surface area contributed by atoms with Gasteiger partial charge in [0.05, 0.1) is 0 Å². The minimum absolute atomic E-state index is 0.0549. The Labute approximate surface area is 76.6 Å². The fourth-order valence-corrected chi connectivity index (χ4v) is 1.14. The number of amides is 1. The van der Waals surface area contributed by atoms with Gasteiger partial charge in [-0.05, 0) is 29.7 Å². The summed E-state index contributed by atoms with van der Waals surface area (Å²) >= 11 is 0. The third kappa shape index (κ3) is 2.05. The van der Waals surface area contributed by atoms with Gasteiger partial charge in [0, 0.05) is 5.56 Å². The Morgan fingerprint density at radius 1 is 1.46 bits per heavy atom. The van der Waals surface area contributed by atoms with Crippen LogP contribution in [0.3, 0.4) is 0 Å². The second-order valence-electron chi connectivity index (χ2n) is 3.26. The standard InChI is InChI=1S/C10H12FNO/c1-6(2)8-5-7(10(12)13)3-4-9(8)11/h3-6H,1-2H3,(H2,12,13). The highest BCUT2D eigenvalue weighted by Crippen LogP contribution is 2.19. The Bertz CT molecular complexity index is 334. The molecule has 0 saturated heterocycles. The largest absolute Gasteiger partial charge is 0.366 e. The van der Waals surface area contributed by atoms with E-state index in [-0.39, 0.29) is 11.7 Å². The zero-order valence-electron chi connectivity index (χ0n) is 7.67. The molecule has 0 aromatic heterocycles. The highest BCUT2D eigenvalue weighted by molar-refractivity contribution is 5.92. The molecule has 1 amide bonds. The van der Waals surface area contributed by atoms with Gasteiger partial charge in [0.25, 0.3) is 0 Å². The van der Waals surface area contributed by atoms with Crippen LogP contribution in [0.2, 0.25) is 0 Å². The summed E-state index contributed by atoms with van der Waals surface area (Å²) in [5, 5.41) is 0. The summed E-state index contributed by atoms with van der Waals surface area (Å²) in [5.74, 6) is -0.763. The molecule has 0 atom stereocenters. The van der Waals surface area contributed by atoms with Crippen molar-refractivity contribution in [3.8, 4) is 0 Å². The maximum Gasteiger partial charge on any atom is 0.248 e. The van der Waals surface area contributed by atoms with Crippen LogP contribution in [-0.4, -0.2) is 5.91 Å². The van der Waals surface area contributed by atoms with Gasteiger partial charge in [-0.15, -0.1) is 0 Å². The number of primary amides is 1. The zero-order chi connectivity index (χ0) is 10.0. The fraction of sp³-hybridized carbons (Fsp3) is 0.300. The van der Waals surface area contributed by atoms with Crippen molar-refractivity contribution in [3.63, 3.8) is 0 Å². The lowest BCUT2D eigenvalue weighted by atomic mass is 10.00. The predicted molar refractivity (Wildman–Crippen MR) is 49.0 cm³/mol. The second kappa shape index (κ2) is 3.56. The van der Waals surface area contributed by atoms with Crippen LogP contribution in [0, 0.1) is 5.82 Å². The van der Waals surface area contributed by atoms with Crippen molar-refractivity contribution in [2.45, 2.75) is 19.8 Å². The minimum atomic E-state index is -0.526. The fourth-order valence-electron chi connectivity index (χ4n) is 1.14. The molecule has 0 unspecified atom stereocenters. The van der Waals surface area contributed by atoms with Crippen LogP contribution in [0.4, 0.5) is 4.39 Å². The molecular weight excluding hydrogens is 169 g/mol. The van der Waals surface area contributed by atoms with Crippen LogP contribution in [0.15, 0.2) is 18.2 Å². The van der Waals surface area contributed by atoms with Crippen molar-refractivity contribution in [2.75, 3.05) is 0 Å². The topological polar surface area (TPSA) is 43.1 Å². The first kappa shape index (κ1) is 9.71. The van der Waals surface area contributed by atoms with Gasteiger partial charge in [0.15, 0.2) is 0 Å². The summed E-state index contributed by atoms with van der Waals surface area (Å²) in [5.41, 5.74) is 5.95. The van der Waals surface area contributed by atoms with Gasteiger partial charge in [-0.2, -0.15) is 0 Å². The SMILES string of the molecule is CC(C)c1cc(C(N)=O)ccc1F. The molecule has 0 aliphatic carbocycles. The molecule has 0 aliphatic rings. The van der Waals surface area contributed by atoms with Gasteiger partial charge < -0.3 is 5.73 Å². The van der Waals surface area contributed by atoms with Crippen molar-refractivity contribution in [1.82, 2.24) is 0 Å². The highest BCUT2D eigenvalue weighted by atomic mass is 19.1. The quantitative estimate of drug-likeness (QED) is 0.745. The average molecular weight is 181 g/mol. The van der Waals surface area contributed by atoms with E-state index in [9.17, 15) is 9.18 Å². The molecule has 70 valence electrons. The first-order valence-corrected chi connectivity index (χ1v) is 4.11. The molecule has 0 fully saturated rings. The van der Waals surface area contributed by atoms with E-state index in [1.54, 1.807) is 0 Å². The van der Waals surface area contributed by atoms with Crippen molar-refractivity contribution in [3.05, 3.63) is 35.1 Å². The first-order chi connectivity index (χ1) is 6.02. The number of hydrogen-bond donors (Lipinski definition) is 1. The molecule has 0 radical (unpaired) electrons. The molecule has 1 aromatic rings. The van der Waals surface area contributed by atoms with Crippen LogP contribution >= 0.6 is 0 Å². The molecule has 1 aromatic carbocycles. The summed E-state index contributed by atoms with van der Waals surface area (Å²) < 4.78 is 13.1. The van der Waals surface area contributed by atoms with Crippen LogP contribution in [0.5, 0.6) is 0 Å². The van der Waals surface area contributed by atoms with E-state index in [0.717, 1.165) is 0 Å². The molecule has 0 spiro atoms. The second-order valence-corrected chi connectivity index (χ2v) is 3.26. The average Bonchev–Trinajstić information content (AvgIpc) is 2.04. The molecule has 0 saturated carbocycles. The number of hydrogen-bond acceptors (Lipinski definition) is 1. The van der Waals surface area contributed by atoms with E-state index in [0.29, 0.717) is 11.1 Å². The van der Waals surface area contributed by atoms with Crippen molar-refractivity contribution in [2.24, 2.45) is 5.73 Å². The molecule has 0 bridgehead atoms. The molecule has 3 heteroatoms.